The molecule has 0 bridgehead atoms. The Morgan fingerprint density at radius 1 is 1.56 bits per heavy atom. The Morgan fingerprint density at radius 2 is 2.22 bits per heavy atom. The van der Waals surface area contributed by atoms with Crippen LogP contribution in [0.1, 0.15) is 24.3 Å². The van der Waals surface area contributed by atoms with Gasteiger partial charge in [-0.2, -0.15) is 0 Å². The zero-order valence-corrected chi connectivity index (χ0v) is 10.7. The molecule has 18 heavy (non-hydrogen) atoms. The van der Waals surface area contributed by atoms with E-state index in [2.05, 4.69) is 4.98 Å². The lowest BCUT2D eigenvalue weighted by molar-refractivity contribution is -0.141. The molecule has 0 fully saturated rings. The number of aryl methyl sites for hydroxylation is 1. The minimum atomic E-state index is -1.18. The van der Waals surface area contributed by atoms with Gasteiger partial charge >= 0.3 is 11.7 Å². The zero-order valence-electron chi connectivity index (χ0n) is 9.89. The maximum absolute atomic E-state index is 12.2. The Hall–Kier alpha value is -1.89. The van der Waals surface area contributed by atoms with Crippen molar-refractivity contribution in [3.8, 4) is 0 Å². The highest BCUT2D eigenvalue weighted by molar-refractivity contribution is 7.18. The molecule has 0 spiro atoms. The smallest absolute Gasteiger partial charge is 0.330 e. The standard InChI is InChI=1S/C11H12N2O4S/c1-3-7(10(15)16)13-9(14)6-4-5(2)18-8(6)12-11(13)17/h4,7H,3H2,1-2H3,(H,12,17)(H,15,16). The van der Waals surface area contributed by atoms with Gasteiger partial charge in [-0.05, 0) is 19.4 Å². The van der Waals surface area contributed by atoms with Crippen LogP contribution in [0.5, 0.6) is 0 Å². The van der Waals surface area contributed by atoms with Crippen LogP contribution in [0.3, 0.4) is 0 Å². The topological polar surface area (TPSA) is 92.2 Å². The summed E-state index contributed by atoms with van der Waals surface area (Å²) in [5, 5.41) is 9.40. The highest BCUT2D eigenvalue weighted by atomic mass is 32.1. The normalized spacial score (nSPS) is 12.8. The fourth-order valence-corrected chi connectivity index (χ4v) is 2.79. The van der Waals surface area contributed by atoms with Gasteiger partial charge in [0.1, 0.15) is 10.9 Å². The molecule has 0 amide bonds. The summed E-state index contributed by atoms with van der Waals surface area (Å²) in [5.41, 5.74) is -1.23. The lowest BCUT2D eigenvalue weighted by atomic mass is 10.2. The molecular weight excluding hydrogens is 256 g/mol. The molecule has 0 aliphatic carbocycles. The summed E-state index contributed by atoms with van der Waals surface area (Å²) in [7, 11) is 0. The Bertz CT molecular complexity index is 725. The van der Waals surface area contributed by atoms with Gasteiger partial charge < -0.3 is 5.11 Å². The summed E-state index contributed by atoms with van der Waals surface area (Å²) in [6.07, 6.45) is 0.174. The lowest BCUT2D eigenvalue weighted by Gasteiger charge is -2.11. The van der Waals surface area contributed by atoms with Crippen molar-refractivity contribution < 1.29 is 9.90 Å². The van der Waals surface area contributed by atoms with Crippen LogP contribution in [-0.2, 0) is 4.79 Å². The van der Waals surface area contributed by atoms with E-state index in [0.29, 0.717) is 10.2 Å². The SMILES string of the molecule is CCC(C(=O)O)n1c(=O)[nH]c2sc(C)cc2c1=O. The summed E-state index contributed by atoms with van der Waals surface area (Å²) in [6.45, 7) is 3.44. The fourth-order valence-electron chi connectivity index (χ4n) is 1.90. The zero-order chi connectivity index (χ0) is 13.4. The molecule has 2 aromatic heterocycles. The van der Waals surface area contributed by atoms with Gasteiger partial charge in [-0.25, -0.2) is 14.2 Å². The number of hydrogen-bond acceptors (Lipinski definition) is 4. The second-order valence-corrected chi connectivity index (χ2v) is 5.22. The Morgan fingerprint density at radius 3 is 2.78 bits per heavy atom. The largest absolute Gasteiger partial charge is 0.480 e. The van der Waals surface area contributed by atoms with Crippen molar-refractivity contribution in [1.29, 1.82) is 0 Å². The summed E-state index contributed by atoms with van der Waals surface area (Å²) < 4.78 is 0.775. The highest BCUT2D eigenvalue weighted by Gasteiger charge is 2.22. The molecule has 1 unspecified atom stereocenters. The minimum Gasteiger partial charge on any atom is -0.480 e. The number of carbonyl (C=O) groups is 1. The van der Waals surface area contributed by atoms with Crippen LogP contribution < -0.4 is 11.2 Å². The van der Waals surface area contributed by atoms with Gasteiger partial charge in [-0.15, -0.1) is 11.3 Å². The van der Waals surface area contributed by atoms with E-state index >= 15 is 0 Å². The summed E-state index contributed by atoms with van der Waals surface area (Å²) in [5.74, 6) is -1.18. The molecule has 2 rings (SSSR count). The third-order valence-electron chi connectivity index (χ3n) is 2.73. The number of carboxylic acid groups (broad SMARTS) is 1. The van der Waals surface area contributed by atoms with Gasteiger partial charge in [0.25, 0.3) is 5.56 Å². The number of nitrogens with zero attached hydrogens (tertiary/aromatic N) is 1. The number of aliphatic carboxylic acids is 1. The van der Waals surface area contributed by atoms with Crippen molar-refractivity contribution in [3.05, 3.63) is 31.8 Å². The van der Waals surface area contributed by atoms with E-state index in [4.69, 9.17) is 5.11 Å². The van der Waals surface area contributed by atoms with Gasteiger partial charge in [0.15, 0.2) is 0 Å². The van der Waals surface area contributed by atoms with E-state index in [-0.39, 0.29) is 6.42 Å². The quantitative estimate of drug-likeness (QED) is 0.871. The average Bonchev–Trinajstić information content (AvgIpc) is 2.64. The maximum atomic E-state index is 12.2. The first-order valence-electron chi connectivity index (χ1n) is 5.43. The molecule has 7 heteroatoms. The van der Waals surface area contributed by atoms with Gasteiger partial charge in [0.05, 0.1) is 5.39 Å². The molecule has 0 aromatic carbocycles. The Balaban J connectivity index is 2.82. The van der Waals surface area contributed by atoms with Crippen LogP contribution in [-0.4, -0.2) is 20.6 Å². The first kappa shape index (κ1) is 12.6. The van der Waals surface area contributed by atoms with Gasteiger partial charge in [0.2, 0.25) is 0 Å². The molecule has 2 aromatic rings. The monoisotopic (exact) mass is 268 g/mol. The predicted molar refractivity (Wildman–Crippen MR) is 68.4 cm³/mol. The minimum absolute atomic E-state index is 0.174. The number of aromatic nitrogens is 2. The summed E-state index contributed by atoms with van der Waals surface area (Å²) >= 11 is 1.30. The maximum Gasteiger partial charge on any atom is 0.330 e. The van der Waals surface area contributed by atoms with Gasteiger partial charge in [-0.3, -0.25) is 9.78 Å². The van der Waals surface area contributed by atoms with E-state index in [9.17, 15) is 14.4 Å². The molecule has 96 valence electrons. The van der Waals surface area contributed by atoms with E-state index in [0.717, 1.165) is 9.44 Å². The number of carboxylic acids is 1. The third-order valence-corrected chi connectivity index (χ3v) is 3.69. The Labute approximate surface area is 106 Å². The number of thiophene rings is 1. The van der Waals surface area contributed by atoms with Crippen molar-refractivity contribution in [3.63, 3.8) is 0 Å². The number of aromatic amines is 1. The van der Waals surface area contributed by atoms with Gasteiger partial charge in [0, 0.05) is 4.88 Å². The molecule has 0 saturated heterocycles. The van der Waals surface area contributed by atoms with Gasteiger partial charge in [-0.1, -0.05) is 6.92 Å². The molecular formula is C11H12N2O4S. The molecule has 0 aliphatic heterocycles. The fraction of sp³-hybridized carbons (Fsp3) is 0.364. The summed E-state index contributed by atoms with van der Waals surface area (Å²) in [4.78, 5) is 39.0. The lowest BCUT2D eigenvalue weighted by Crippen LogP contribution is -2.40. The van der Waals surface area contributed by atoms with E-state index < -0.39 is 23.3 Å². The van der Waals surface area contributed by atoms with Crippen LogP contribution in [0.4, 0.5) is 0 Å². The highest BCUT2D eigenvalue weighted by Crippen LogP contribution is 2.19. The molecule has 1 atom stereocenters. The number of rotatable bonds is 3. The average molecular weight is 268 g/mol. The van der Waals surface area contributed by atoms with Crippen LogP contribution in [0.15, 0.2) is 15.7 Å². The number of H-pyrrole nitrogens is 1. The van der Waals surface area contributed by atoms with Crippen molar-refractivity contribution in [2.75, 3.05) is 0 Å². The number of nitrogens with one attached hydrogen (secondary N) is 1. The number of hydrogen-bond donors (Lipinski definition) is 2. The molecule has 0 saturated carbocycles. The molecule has 0 radical (unpaired) electrons. The van der Waals surface area contributed by atoms with Crippen molar-refractivity contribution in [2.24, 2.45) is 0 Å². The van der Waals surface area contributed by atoms with Crippen molar-refractivity contribution >= 4 is 27.5 Å². The first-order valence-corrected chi connectivity index (χ1v) is 6.25. The third kappa shape index (κ3) is 1.86. The molecule has 2 heterocycles. The van der Waals surface area contributed by atoms with Crippen molar-refractivity contribution in [2.45, 2.75) is 26.3 Å². The molecule has 2 N–H and O–H groups in total. The number of fused-ring (bicyclic) bond motifs is 1. The van der Waals surface area contributed by atoms with E-state index in [1.54, 1.807) is 13.0 Å². The first-order chi connectivity index (χ1) is 8.45. The molecule has 0 aliphatic rings. The second kappa shape index (κ2) is 4.41. The Kier molecular flexibility index (Phi) is 3.08. The van der Waals surface area contributed by atoms with E-state index in [1.807, 2.05) is 6.92 Å². The van der Waals surface area contributed by atoms with Crippen LogP contribution >= 0.6 is 11.3 Å². The van der Waals surface area contributed by atoms with Crippen LogP contribution in [0.2, 0.25) is 0 Å². The van der Waals surface area contributed by atoms with Crippen LogP contribution in [0.25, 0.3) is 10.2 Å². The molecule has 6 nitrogen and oxygen atoms in total. The predicted octanol–water partition coefficient (Wildman–Crippen LogP) is 1.10. The van der Waals surface area contributed by atoms with Crippen molar-refractivity contribution in [1.82, 2.24) is 9.55 Å². The van der Waals surface area contributed by atoms with Crippen LogP contribution in [0, 0.1) is 6.92 Å². The van der Waals surface area contributed by atoms with E-state index in [1.165, 1.54) is 11.3 Å². The summed E-state index contributed by atoms with van der Waals surface area (Å²) in [6, 6.07) is 0.523. The second-order valence-electron chi connectivity index (χ2n) is 3.97.